The van der Waals surface area contributed by atoms with Crippen molar-refractivity contribution in [1.82, 2.24) is 0 Å². The summed E-state index contributed by atoms with van der Waals surface area (Å²) in [5.74, 6) is 0. The Morgan fingerprint density at radius 1 is 1.31 bits per heavy atom. The molecule has 0 saturated heterocycles. The minimum absolute atomic E-state index is 0.236. The second kappa shape index (κ2) is 2.85. The third-order valence-electron chi connectivity index (χ3n) is 2.90. The lowest BCUT2D eigenvalue weighted by Crippen LogP contribution is -2.29. The van der Waals surface area contributed by atoms with Crippen molar-refractivity contribution in [2.24, 2.45) is 11.1 Å². The topological polar surface area (TPSA) is 26.0 Å². The lowest BCUT2D eigenvalue weighted by molar-refractivity contribution is 0.283. The summed E-state index contributed by atoms with van der Waals surface area (Å²) in [5, 5.41) is 0. The van der Waals surface area contributed by atoms with Gasteiger partial charge in [0.25, 0.3) is 0 Å². The molecule has 1 aromatic rings. The van der Waals surface area contributed by atoms with Crippen LogP contribution in [0.2, 0.25) is 0 Å². The molecule has 0 amide bonds. The van der Waals surface area contributed by atoms with Crippen molar-refractivity contribution < 1.29 is 0 Å². The summed E-state index contributed by atoms with van der Waals surface area (Å²) in [5.41, 5.74) is 9.28. The van der Waals surface area contributed by atoms with Gasteiger partial charge in [0.1, 0.15) is 0 Å². The molecule has 0 bridgehead atoms. The molecule has 0 unspecified atom stereocenters. The third kappa shape index (κ3) is 1.61. The van der Waals surface area contributed by atoms with Crippen LogP contribution in [0.1, 0.15) is 37.4 Å². The quantitative estimate of drug-likeness (QED) is 0.644. The molecule has 1 aliphatic carbocycles. The van der Waals surface area contributed by atoms with Gasteiger partial charge in [-0.1, -0.05) is 38.1 Å². The standard InChI is InChI=1S/C12H17N/c1-12(2)7-9-5-3-4-6-10(9)11(13)8-12/h3-6,11H,7-8,13H2,1-2H3/t11-/m0/s1. The van der Waals surface area contributed by atoms with Crippen LogP contribution in [0, 0.1) is 5.41 Å². The highest BCUT2D eigenvalue weighted by Crippen LogP contribution is 2.39. The first kappa shape index (κ1) is 8.76. The molecule has 1 atom stereocenters. The molecule has 2 rings (SSSR count). The van der Waals surface area contributed by atoms with Gasteiger partial charge in [0.15, 0.2) is 0 Å². The summed E-state index contributed by atoms with van der Waals surface area (Å²) in [6, 6.07) is 8.79. The highest BCUT2D eigenvalue weighted by molar-refractivity contribution is 5.33. The highest BCUT2D eigenvalue weighted by atomic mass is 14.7. The molecular weight excluding hydrogens is 158 g/mol. The fourth-order valence-corrected chi connectivity index (χ4v) is 2.35. The van der Waals surface area contributed by atoms with Crippen molar-refractivity contribution in [3.8, 4) is 0 Å². The van der Waals surface area contributed by atoms with Crippen LogP contribution in [0.5, 0.6) is 0 Å². The number of nitrogens with two attached hydrogens (primary N) is 1. The van der Waals surface area contributed by atoms with Crippen LogP contribution >= 0.6 is 0 Å². The first-order valence-corrected chi connectivity index (χ1v) is 4.92. The van der Waals surface area contributed by atoms with Gasteiger partial charge in [0.2, 0.25) is 0 Å². The molecule has 1 aromatic carbocycles. The van der Waals surface area contributed by atoms with Crippen molar-refractivity contribution in [3.63, 3.8) is 0 Å². The zero-order chi connectivity index (χ0) is 9.47. The van der Waals surface area contributed by atoms with Gasteiger partial charge in [0.05, 0.1) is 0 Å². The van der Waals surface area contributed by atoms with Crippen molar-refractivity contribution in [2.75, 3.05) is 0 Å². The van der Waals surface area contributed by atoms with Crippen LogP contribution in [-0.2, 0) is 6.42 Å². The van der Waals surface area contributed by atoms with Gasteiger partial charge in [-0.3, -0.25) is 0 Å². The largest absolute Gasteiger partial charge is 0.324 e. The first-order valence-electron chi connectivity index (χ1n) is 4.92. The zero-order valence-corrected chi connectivity index (χ0v) is 8.38. The third-order valence-corrected chi connectivity index (χ3v) is 2.90. The number of fused-ring (bicyclic) bond motifs is 1. The van der Waals surface area contributed by atoms with Gasteiger partial charge in [-0.15, -0.1) is 0 Å². The highest BCUT2D eigenvalue weighted by Gasteiger charge is 2.29. The van der Waals surface area contributed by atoms with Crippen LogP contribution < -0.4 is 5.73 Å². The Hall–Kier alpha value is -0.820. The number of hydrogen-bond donors (Lipinski definition) is 1. The lowest BCUT2D eigenvalue weighted by atomic mass is 9.72. The van der Waals surface area contributed by atoms with E-state index in [1.54, 1.807) is 0 Å². The summed E-state index contributed by atoms with van der Waals surface area (Å²) in [6.45, 7) is 4.59. The fourth-order valence-electron chi connectivity index (χ4n) is 2.35. The molecule has 1 aliphatic rings. The second-order valence-corrected chi connectivity index (χ2v) is 4.85. The summed E-state index contributed by atoms with van der Waals surface area (Å²) in [6.07, 6.45) is 2.26. The smallest absolute Gasteiger partial charge is 0.0302 e. The molecule has 0 heterocycles. The molecule has 0 radical (unpaired) electrons. The molecule has 70 valence electrons. The molecule has 13 heavy (non-hydrogen) atoms. The van der Waals surface area contributed by atoms with Crippen LogP contribution in [0.15, 0.2) is 24.3 Å². The van der Waals surface area contributed by atoms with Crippen LogP contribution in [0.25, 0.3) is 0 Å². The molecule has 0 aromatic heterocycles. The Bertz CT molecular complexity index is 315. The van der Waals surface area contributed by atoms with E-state index in [1.807, 2.05) is 0 Å². The van der Waals surface area contributed by atoms with E-state index in [0.717, 1.165) is 12.8 Å². The van der Waals surface area contributed by atoms with Crippen molar-refractivity contribution in [3.05, 3.63) is 35.4 Å². The number of benzene rings is 1. The predicted octanol–water partition coefficient (Wildman–Crippen LogP) is 2.66. The minimum Gasteiger partial charge on any atom is -0.324 e. The van der Waals surface area contributed by atoms with Crippen molar-refractivity contribution in [1.29, 1.82) is 0 Å². The summed E-state index contributed by atoms with van der Waals surface area (Å²) in [7, 11) is 0. The molecular formula is C12H17N. The lowest BCUT2D eigenvalue weighted by Gasteiger charge is -2.35. The summed E-state index contributed by atoms with van der Waals surface area (Å²) < 4.78 is 0. The average Bonchev–Trinajstić information content (AvgIpc) is 2.02. The van der Waals surface area contributed by atoms with Gasteiger partial charge in [-0.05, 0) is 29.4 Å². The Morgan fingerprint density at radius 3 is 2.77 bits per heavy atom. The maximum atomic E-state index is 6.12. The maximum absolute atomic E-state index is 6.12. The number of hydrogen-bond acceptors (Lipinski definition) is 1. The normalized spacial score (nSPS) is 25.3. The Kier molecular flexibility index (Phi) is 1.92. The molecule has 0 spiro atoms. The maximum Gasteiger partial charge on any atom is 0.0302 e. The van der Waals surface area contributed by atoms with Gasteiger partial charge in [-0.2, -0.15) is 0 Å². The second-order valence-electron chi connectivity index (χ2n) is 4.85. The van der Waals surface area contributed by atoms with E-state index >= 15 is 0 Å². The fraction of sp³-hybridized carbons (Fsp3) is 0.500. The molecule has 1 heteroatoms. The SMILES string of the molecule is CC1(C)Cc2ccccc2[C@@H](N)C1. The predicted molar refractivity (Wildman–Crippen MR) is 55.5 cm³/mol. The van der Waals surface area contributed by atoms with E-state index in [2.05, 4.69) is 38.1 Å². The average molecular weight is 175 g/mol. The molecule has 0 fully saturated rings. The Morgan fingerprint density at radius 2 is 2.00 bits per heavy atom. The van der Waals surface area contributed by atoms with Gasteiger partial charge < -0.3 is 5.73 Å². The van der Waals surface area contributed by atoms with Crippen LogP contribution in [-0.4, -0.2) is 0 Å². The first-order chi connectivity index (χ1) is 6.08. The van der Waals surface area contributed by atoms with Gasteiger partial charge >= 0.3 is 0 Å². The number of rotatable bonds is 0. The van der Waals surface area contributed by atoms with E-state index in [1.165, 1.54) is 11.1 Å². The van der Waals surface area contributed by atoms with Crippen LogP contribution in [0.4, 0.5) is 0 Å². The Balaban J connectivity index is 2.43. The van der Waals surface area contributed by atoms with E-state index in [4.69, 9.17) is 5.73 Å². The van der Waals surface area contributed by atoms with Crippen molar-refractivity contribution >= 4 is 0 Å². The molecule has 0 saturated carbocycles. The van der Waals surface area contributed by atoms with Crippen molar-refractivity contribution in [2.45, 2.75) is 32.7 Å². The molecule has 1 nitrogen and oxygen atoms in total. The van der Waals surface area contributed by atoms with Gasteiger partial charge in [0, 0.05) is 6.04 Å². The zero-order valence-electron chi connectivity index (χ0n) is 8.38. The Labute approximate surface area is 80.0 Å². The summed E-state index contributed by atoms with van der Waals surface area (Å²) in [4.78, 5) is 0. The van der Waals surface area contributed by atoms with E-state index in [0.29, 0.717) is 5.41 Å². The minimum atomic E-state index is 0.236. The van der Waals surface area contributed by atoms with E-state index < -0.39 is 0 Å². The van der Waals surface area contributed by atoms with Gasteiger partial charge in [-0.25, -0.2) is 0 Å². The summed E-state index contributed by atoms with van der Waals surface area (Å²) >= 11 is 0. The molecule has 0 aliphatic heterocycles. The van der Waals surface area contributed by atoms with Crippen LogP contribution in [0.3, 0.4) is 0 Å². The monoisotopic (exact) mass is 175 g/mol. The molecule has 2 N–H and O–H groups in total. The van der Waals surface area contributed by atoms with E-state index in [9.17, 15) is 0 Å². The van der Waals surface area contributed by atoms with E-state index in [-0.39, 0.29) is 6.04 Å².